The normalized spacial score (nSPS) is 12.6. The number of aliphatic hydroxyl groups is 1. The number of rotatable bonds is 6. The SMILES string of the molecule is Cc1ncn(CC(O)COCc2ccccc2)c1C. The van der Waals surface area contributed by atoms with Crippen LogP contribution in [0.1, 0.15) is 17.0 Å². The van der Waals surface area contributed by atoms with Crippen LogP contribution >= 0.6 is 0 Å². The fourth-order valence-corrected chi connectivity index (χ4v) is 1.90. The molecule has 0 amide bonds. The lowest BCUT2D eigenvalue weighted by atomic mass is 10.2. The third-order valence-corrected chi connectivity index (χ3v) is 3.17. The zero-order valence-corrected chi connectivity index (χ0v) is 11.4. The molecule has 1 aromatic carbocycles. The molecule has 0 aliphatic rings. The van der Waals surface area contributed by atoms with E-state index in [9.17, 15) is 5.11 Å². The summed E-state index contributed by atoms with van der Waals surface area (Å²) < 4.78 is 7.47. The molecule has 1 unspecified atom stereocenters. The maximum Gasteiger partial charge on any atom is 0.0952 e. The predicted octanol–water partition coefficient (Wildman–Crippen LogP) is 2.08. The number of imidazole rings is 1. The number of nitrogens with zero attached hydrogens (tertiary/aromatic N) is 2. The van der Waals surface area contributed by atoms with Gasteiger partial charge in [0.25, 0.3) is 0 Å². The van der Waals surface area contributed by atoms with E-state index >= 15 is 0 Å². The first-order chi connectivity index (χ1) is 9.16. The first-order valence-electron chi connectivity index (χ1n) is 6.45. The van der Waals surface area contributed by atoms with Crippen molar-refractivity contribution in [1.82, 2.24) is 9.55 Å². The molecule has 1 atom stereocenters. The molecule has 4 heteroatoms. The standard InChI is InChI=1S/C15H20N2O2/c1-12-13(2)17(11-16-12)8-15(18)10-19-9-14-6-4-3-5-7-14/h3-7,11,15,18H,8-10H2,1-2H3. The maximum atomic E-state index is 9.94. The molecule has 0 saturated carbocycles. The molecule has 102 valence electrons. The second kappa shape index (κ2) is 6.50. The Hall–Kier alpha value is -1.65. The summed E-state index contributed by atoms with van der Waals surface area (Å²) in [6.45, 7) is 5.33. The number of ether oxygens (including phenoxy) is 1. The lowest BCUT2D eigenvalue weighted by Crippen LogP contribution is -2.22. The molecule has 0 spiro atoms. The van der Waals surface area contributed by atoms with Crippen LogP contribution in [0.25, 0.3) is 0 Å². The molecular formula is C15H20N2O2. The number of hydrogen-bond acceptors (Lipinski definition) is 3. The molecule has 0 aliphatic heterocycles. The number of hydrogen-bond donors (Lipinski definition) is 1. The molecule has 0 radical (unpaired) electrons. The summed E-state index contributed by atoms with van der Waals surface area (Å²) in [5.74, 6) is 0. The highest BCUT2D eigenvalue weighted by Crippen LogP contribution is 2.06. The Morgan fingerprint density at radius 2 is 2.00 bits per heavy atom. The molecule has 1 N–H and O–H groups in total. The average molecular weight is 260 g/mol. The van der Waals surface area contributed by atoms with Crippen LogP contribution in [0.5, 0.6) is 0 Å². The first-order valence-corrected chi connectivity index (χ1v) is 6.45. The van der Waals surface area contributed by atoms with Crippen LogP contribution in [0.15, 0.2) is 36.7 Å². The minimum atomic E-state index is -0.518. The van der Waals surface area contributed by atoms with Gasteiger partial charge in [-0.05, 0) is 19.4 Å². The fourth-order valence-electron chi connectivity index (χ4n) is 1.90. The van der Waals surface area contributed by atoms with Crippen molar-refractivity contribution in [3.8, 4) is 0 Å². The van der Waals surface area contributed by atoms with Crippen molar-refractivity contribution in [2.45, 2.75) is 33.1 Å². The summed E-state index contributed by atoms with van der Waals surface area (Å²) in [4.78, 5) is 4.21. The molecule has 2 rings (SSSR count). The molecule has 1 aromatic heterocycles. The monoisotopic (exact) mass is 260 g/mol. The lowest BCUT2D eigenvalue weighted by Gasteiger charge is -2.13. The van der Waals surface area contributed by atoms with Crippen molar-refractivity contribution < 1.29 is 9.84 Å². The van der Waals surface area contributed by atoms with E-state index in [1.54, 1.807) is 6.33 Å². The number of aryl methyl sites for hydroxylation is 1. The molecule has 2 aromatic rings. The topological polar surface area (TPSA) is 47.3 Å². The zero-order valence-electron chi connectivity index (χ0n) is 11.4. The summed E-state index contributed by atoms with van der Waals surface area (Å²) in [5.41, 5.74) is 3.20. The van der Waals surface area contributed by atoms with E-state index < -0.39 is 6.10 Å². The van der Waals surface area contributed by atoms with E-state index in [0.29, 0.717) is 19.8 Å². The van der Waals surface area contributed by atoms with Gasteiger partial charge in [-0.25, -0.2) is 4.98 Å². The fraction of sp³-hybridized carbons (Fsp3) is 0.400. The highest BCUT2D eigenvalue weighted by Gasteiger charge is 2.08. The van der Waals surface area contributed by atoms with Gasteiger partial charge in [0.15, 0.2) is 0 Å². The van der Waals surface area contributed by atoms with Crippen molar-refractivity contribution in [3.05, 3.63) is 53.6 Å². The summed E-state index contributed by atoms with van der Waals surface area (Å²) in [6, 6.07) is 9.95. The molecule has 0 fully saturated rings. The lowest BCUT2D eigenvalue weighted by molar-refractivity contribution is 0.0201. The van der Waals surface area contributed by atoms with Gasteiger partial charge >= 0.3 is 0 Å². The third kappa shape index (κ3) is 3.91. The third-order valence-electron chi connectivity index (χ3n) is 3.17. The van der Waals surface area contributed by atoms with E-state index in [-0.39, 0.29) is 0 Å². The maximum absolute atomic E-state index is 9.94. The van der Waals surface area contributed by atoms with Gasteiger partial charge in [0.05, 0.1) is 37.9 Å². The van der Waals surface area contributed by atoms with Gasteiger partial charge < -0.3 is 14.4 Å². The van der Waals surface area contributed by atoms with Crippen LogP contribution in [-0.4, -0.2) is 27.4 Å². The van der Waals surface area contributed by atoms with Gasteiger partial charge in [-0.15, -0.1) is 0 Å². The minimum absolute atomic E-state index is 0.325. The Balaban J connectivity index is 1.76. The van der Waals surface area contributed by atoms with E-state index in [4.69, 9.17) is 4.74 Å². The first kappa shape index (κ1) is 13.8. The largest absolute Gasteiger partial charge is 0.389 e. The van der Waals surface area contributed by atoms with Crippen LogP contribution in [0.3, 0.4) is 0 Å². The molecule has 0 saturated heterocycles. The second-order valence-corrected chi connectivity index (χ2v) is 4.72. The second-order valence-electron chi connectivity index (χ2n) is 4.72. The van der Waals surface area contributed by atoms with Crippen LogP contribution in [-0.2, 0) is 17.9 Å². The van der Waals surface area contributed by atoms with Crippen LogP contribution in [0.2, 0.25) is 0 Å². The smallest absolute Gasteiger partial charge is 0.0952 e. The van der Waals surface area contributed by atoms with Gasteiger partial charge in [-0.2, -0.15) is 0 Å². The number of aliphatic hydroxyl groups excluding tert-OH is 1. The van der Waals surface area contributed by atoms with Gasteiger partial charge in [-0.1, -0.05) is 30.3 Å². The predicted molar refractivity (Wildman–Crippen MR) is 73.8 cm³/mol. The van der Waals surface area contributed by atoms with Gasteiger partial charge in [-0.3, -0.25) is 0 Å². The van der Waals surface area contributed by atoms with Gasteiger partial charge in [0, 0.05) is 5.69 Å². The molecular weight excluding hydrogens is 240 g/mol. The van der Waals surface area contributed by atoms with Gasteiger partial charge in [0.1, 0.15) is 0 Å². The van der Waals surface area contributed by atoms with Crippen LogP contribution < -0.4 is 0 Å². The van der Waals surface area contributed by atoms with E-state index in [1.807, 2.05) is 48.7 Å². The number of aromatic nitrogens is 2. The zero-order chi connectivity index (χ0) is 13.7. The Bertz CT molecular complexity index is 508. The quantitative estimate of drug-likeness (QED) is 0.865. The summed E-state index contributed by atoms with van der Waals surface area (Å²) in [5, 5.41) is 9.94. The van der Waals surface area contributed by atoms with Crippen molar-refractivity contribution in [1.29, 1.82) is 0 Å². The molecule has 0 aliphatic carbocycles. The summed E-state index contributed by atoms with van der Waals surface area (Å²) in [7, 11) is 0. The molecule has 0 bridgehead atoms. The van der Waals surface area contributed by atoms with Crippen LogP contribution in [0, 0.1) is 13.8 Å². The van der Waals surface area contributed by atoms with Crippen molar-refractivity contribution in [3.63, 3.8) is 0 Å². The summed E-state index contributed by atoms with van der Waals surface area (Å²) >= 11 is 0. The highest BCUT2D eigenvalue weighted by atomic mass is 16.5. The summed E-state index contributed by atoms with van der Waals surface area (Å²) in [6.07, 6.45) is 1.24. The molecule has 1 heterocycles. The Morgan fingerprint density at radius 3 is 2.63 bits per heavy atom. The van der Waals surface area contributed by atoms with E-state index in [2.05, 4.69) is 4.98 Å². The number of benzene rings is 1. The van der Waals surface area contributed by atoms with Crippen LogP contribution in [0.4, 0.5) is 0 Å². The Kier molecular flexibility index (Phi) is 4.71. The Labute approximate surface area is 113 Å². The minimum Gasteiger partial charge on any atom is -0.389 e. The van der Waals surface area contributed by atoms with E-state index in [0.717, 1.165) is 17.0 Å². The molecule has 4 nitrogen and oxygen atoms in total. The van der Waals surface area contributed by atoms with Crippen molar-refractivity contribution in [2.75, 3.05) is 6.61 Å². The van der Waals surface area contributed by atoms with Crippen molar-refractivity contribution >= 4 is 0 Å². The highest BCUT2D eigenvalue weighted by molar-refractivity contribution is 5.13. The average Bonchev–Trinajstić information content (AvgIpc) is 2.72. The molecule has 19 heavy (non-hydrogen) atoms. The van der Waals surface area contributed by atoms with Gasteiger partial charge in [0.2, 0.25) is 0 Å². The van der Waals surface area contributed by atoms with E-state index in [1.165, 1.54) is 0 Å². The Morgan fingerprint density at radius 1 is 1.26 bits per heavy atom. The van der Waals surface area contributed by atoms with Crippen molar-refractivity contribution in [2.24, 2.45) is 0 Å².